The molecule has 9 heteroatoms. The van der Waals surface area contributed by atoms with E-state index in [0.29, 0.717) is 0 Å². The lowest BCUT2D eigenvalue weighted by atomic mass is 10.1. The van der Waals surface area contributed by atoms with Crippen LogP contribution in [0.5, 0.6) is 0 Å². The molecule has 0 saturated carbocycles. The number of ether oxygens (including phenoxy) is 3. The SMILES string of the molecule is CCOC(=O)CC[C@@H](NC(=O)[C@H](C)NC(=O)OC(C)(C)C)C(=O)OCC. The standard InChI is InChI=1S/C17H30N2O7/c1-7-24-13(20)10-9-12(15(22)25-8-2)19-14(21)11(3)18-16(23)26-17(4,5)6/h11-12H,7-10H2,1-6H3,(H,18,23)(H,19,21)/t11-,12+/m0/s1. The molecular formula is C17H30N2O7. The first kappa shape index (κ1) is 23.7. The Labute approximate surface area is 154 Å². The molecule has 0 aliphatic rings. The van der Waals surface area contributed by atoms with E-state index in [0.717, 1.165) is 0 Å². The number of carbonyl (C=O) groups excluding carboxylic acids is 4. The molecule has 2 atom stereocenters. The number of amides is 2. The summed E-state index contributed by atoms with van der Waals surface area (Å²) >= 11 is 0. The van der Waals surface area contributed by atoms with Gasteiger partial charge >= 0.3 is 18.0 Å². The van der Waals surface area contributed by atoms with Gasteiger partial charge in [-0.15, -0.1) is 0 Å². The Morgan fingerprint density at radius 1 is 0.962 bits per heavy atom. The molecule has 0 unspecified atom stereocenters. The zero-order valence-electron chi connectivity index (χ0n) is 16.3. The molecule has 0 aromatic rings. The third-order valence-electron chi connectivity index (χ3n) is 2.96. The average molecular weight is 374 g/mol. The van der Waals surface area contributed by atoms with Crippen LogP contribution in [0.2, 0.25) is 0 Å². The van der Waals surface area contributed by atoms with Gasteiger partial charge in [0, 0.05) is 6.42 Å². The Hall–Kier alpha value is -2.32. The highest BCUT2D eigenvalue weighted by Gasteiger charge is 2.27. The summed E-state index contributed by atoms with van der Waals surface area (Å²) in [6.45, 7) is 10.2. The summed E-state index contributed by atoms with van der Waals surface area (Å²) in [5, 5.41) is 4.86. The van der Waals surface area contributed by atoms with Gasteiger partial charge in [0.1, 0.15) is 17.7 Å². The van der Waals surface area contributed by atoms with Gasteiger partial charge in [-0.25, -0.2) is 9.59 Å². The van der Waals surface area contributed by atoms with E-state index < -0.39 is 41.6 Å². The quantitative estimate of drug-likeness (QED) is 0.461. The highest BCUT2D eigenvalue weighted by atomic mass is 16.6. The molecule has 2 amide bonds. The van der Waals surface area contributed by atoms with Gasteiger partial charge in [-0.05, 0) is 48.0 Å². The van der Waals surface area contributed by atoms with Crippen molar-refractivity contribution in [1.29, 1.82) is 0 Å². The molecule has 9 nitrogen and oxygen atoms in total. The Balaban J connectivity index is 4.75. The Morgan fingerprint density at radius 2 is 1.54 bits per heavy atom. The van der Waals surface area contributed by atoms with Crippen LogP contribution in [-0.4, -0.2) is 54.8 Å². The number of rotatable bonds is 9. The van der Waals surface area contributed by atoms with Crippen molar-refractivity contribution < 1.29 is 33.4 Å². The molecule has 0 rings (SSSR count). The van der Waals surface area contributed by atoms with Crippen molar-refractivity contribution >= 4 is 23.9 Å². The molecule has 0 radical (unpaired) electrons. The summed E-state index contributed by atoms with van der Waals surface area (Å²) in [6, 6.07) is -1.96. The lowest BCUT2D eigenvalue weighted by Crippen LogP contribution is -2.51. The van der Waals surface area contributed by atoms with Crippen molar-refractivity contribution in [2.75, 3.05) is 13.2 Å². The minimum Gasteiger partial charge on any atom is -0.466 e. The van der Waals surface area contributed by atoms with Crippen molar-refractivity contribution in [3.05, 3.63) is 0 Å². The summed E-state index contributed by atoms with van der Waals surface area (Å²) in [6.07, 6.45) is -0.770. The molecule has 0 spiro atoms. The summed E-state index contributed by atoms with van der Waals surface area (Å²) in [5.41, 5.74) is -0.701. The molecule has 0 heterocycles. The molecule has 0 fully saturated rings. The van der Waals surface area contributed by atoms with E-state index in [1.165, 1.54) is 6.92 Å². The van der Waals surface area contributed by atoms with Crippen LogP contribution in [0.15, 0.2) is 0 Å². The second-order valence-corrected chi connectivity index (χ2v) is 6.52. The van der Waals surface area contributed by atoms with Gasteiger partial charge in [-0.3, -0.25) is 9.59 Å². The van der Waals surface area contributed by atoms with Gasteiger partial charge in [-0.1, -0.05) is 0 Å². The lowest BCUT2D eigenvalue weighted by molar-refractivity contribution is -0.149. The van der Waals surface area contributed by atoms with E-state index in [-0.39, 0.29) is 26.1 Å². The number of alkyl carbamates (subject to hydrolysis) is 1. The van der Waals surface area contributed by atoms with Crippen molar-refractivity contribution in [3.63, 3.8) is 0 Å². The minimum absolute atomic E-state index is 0.0303. The van der Waals surface area contributed by atoms with Crippen LogP contribution in [0, 0.1) is 0 Å². The first-order valence-electron chi connectivity index (χ1n) is 8.62. The van der Waals surface area contributed by atoms with Crippen molar-refractivity contribution in [2.45, 2.75) is 72.1 Å². The van der Waals surface area contributed by atoms with Crippen LogP contribution in [-0.2, 0) is 28.6 Å². The molecule has 26 heavy (non-hydrogen) atoms. The predicted octanol–water partition coefficient (Wildman–Crippen LogP) is 1.29. The van der Waals surface area contributed by atoms with Gasteiger partial charge in [0.05, 0.1) is 13.2 Å². The second kappa shape index (κ2) is 11.3. The summed E-state index contributed by atoms with van der Waals surface area (Å²) in [5.74, 6) is -1.73. The van der Waals surface area contributed by atoms with Crippen molar-refractivity contribution in [1.82, 2.24) is 10.6 Å². The third kappa shape index (κ3) is 10.5. The van der Waals surface area contributed by atoms with Crippen LogP contribution in [0.4, 0.5) is 4.79 Å². The zero-order chi connectivity index (χ0) is 20.3. The molecule has 0 saturated heterocycles. The first-order valence-corrected chi connectivity index (χ1v) is 8.62. The fraction of sp³-hybridized carbons (Fsp3) is 0.765. The number of hydrogen-bond donors (Lipinski definition) is 2. The lowest BCUT2D eigenvalue weighted by Gasteiger charge is -2.23. The van der Waals surface area contributed by atoms with E-state index >= 15 is 0 Å². The molecule has 0 aliphatic carbocycles. The van der Waals surface area contributed by atoms with Crippen LogP contribution in [0.1, 0.15) is 54.4 Å². The Morgan fingerprint density at radius 3 is 2.04 bits per heavy atom. The fourth-order valence-corrected chi connectivity index (χ4v) is 1.83. The smallest absolute Gasteiger partial charge is 0.408 e. The zero-order valence-corrected chi connectivity index (χ0v) is 16.3. The highest BCUT2D eigenvalue weighted by Crippen LogP contribution is 2.07. The van der Waals surface area contributed by atoms with Gasteiger partial charge in [0.25, 0.3) is 0 Å². The molecule has 2 N–H and O–H groups in total. The Kier molecular flexibility index (Phi) is 10.3. The number of nitrogens with one attached hydrogen (secondary N) is 2. The molecule has 0 aliphatic heterocycles. The van der Waals surface area contributed by atoms with E-state index in [2.05, 4.69) is 10.6 Å². The normalized spacial score (nSPS) is 13.2. The Bertz CT molecular complexity index is 500. The maximum Gasteiger partial charge on any atom is 0.408 e. The van der Waals surface area contributed by atoms with Gasteiger partial charge in [0.2, 0.25) is 5.91 Å². The number of carbonyl (C=O) groups is 4. The second-order valence-electron chi connectivity index (χ2n) is 6.52. The number of esters is 2. The molecule has 150 valence electrons. The summed E-state index contributed by atoms with van der Waals surface area (Å²) in [4.78, 5) is 47.4. The average Bonchev–Trinajstić information content (AvgIpc) is 2.49. The third-order valence-corrected chi connectivity index (χ3v) is 2.96. The van der Waals surface area contributed by atoms with Gasteiger partial charge in [-0.2, -0.15) is 0 Å². The van der Waals surface area contributed by atoms with Crippen LogP contribution in [0.3, 0.4) is 0 Å². The van der Waals surface area contributed by atoms with E-state index in [1.807, 2.05) is 0 Å². The van der Waals surface area contributed by atoms with Crippen LogP contribution >= 0.6 is 0 Å². The molecular weight excluding hydrogens is 344 g/mol. The van der Waals surface area contributed by atoms with Crippen molar-refractivity contribution in [2.24, 2.45) is 0 Å². The number of hydrogen-bond acceptors (Lipinski definition) is 7. The fourth-order valence-electron chi connectivity index (χ4n) is 1.83. The first-order chi connectivity index (χ1) is 12.0. The van der Waals surface area contributed by atoms with Gasteiger partial charge < -0.3 is 24.8 Å². The van der Waals surface area contributed by atoms with E-state index in [4.69, 9.17) is 14.2 Å². The van der Waals surface area contributed by atoms with Crippen molar-refractivity contribution in [3.8, 4) is 0 Å². The maximum atomic E-state index is 12.2. The van der Waals surface area contributed by atoms with Crippen LogP contribution < -0.4 is 10.6 Å². The molecule has 0 aromatic carbocycles. The minimum atomic E-state index is -1.02. The predicted molar refractivity (Wildman–Crippen MR) is 93.3 cm³/mol. The monoisotopic (exact) mass is 374 g/mol. The van der Waals surface area contributed by atoms with E-state index in [9.17, 15) is 19.2 Å². The summed E-state index contributed by atoms with van der Waals surface area (Å²) in [7, 11) is 0. The topological polar surface area (TPSA) is 120 Å². The van der Waals surface area contributed by atoms with Crippen LogP contribution in [0.25, 0.3) is 0 Å². The van der Waals surface area contributed by atoms with Gasteiger partial charge in [0.15, 0.2) is 0 Å². The summed E-state index contributed by atoms with van der Waals surface area (Å²) < 4.78 is 14.8. The molecule has 0 aromatic heterocycles. The largest absolute Gasteiger partial charge is 0.466 e. The molecule has 0 bridgehead atoms. The highest BCUT2D eigenvalue weighted by molar-refractivity contribution is 5.89. The maximum absolute atomic E-state index is 12.2. The van der Waals surface area contributed by atoms with E-state index in [1.54, 1.807) is 34.6 Å².